The molecule has 0 saturated carbocycles. The van der Waals surface area contributed by atoms with E-state index in [2.05, 4.69) is 34.0 Å². The number of hydrogen-bond donors (Lipinski definition) is 1. The zero-order valence-corrected chi connectivity index (χ0v) is 16.7. The quantitative estimate of drug-likeness (QED) is 0.616. The summed E-state index contributed by atoms with van der Waals surface area (Å²) in [6.45, 7) is 8.29. The Hall–Kier alpha value is -2.15. The lowest BCUT2D eigenvalue weighted by atomic mass is 9.92. The first-order chi connectivity index (χ1) is 12.9. The largest absolute Gasteiger partial charge is 0.356 e. The van der Waals surface area contributed by atoms with E-state index in [9.17, 15) is 9.18 Å². The van der Waals surface area contributed by atoms with Crippen LogP contribution in [-0.4, -0.2) is 34.7 Å². The number of halogens is 1. The lowest BCUT2D eigenvalue weighted by Crippen LogP contribution is -2.39. The lowest BCUT2D eigenvalue weighted by Gasteiger charge is -2.35. The Labute approximate surface area is 163 Å². The first-order valence-electron chi connectivity index (χ1n) is 9.16. The van der Waals surface area contributed by atoms with E-state index in [1.54, 1.807) is 25.4 Å². The Morgan fingerprint density at radius 3 is 2.70 bits per heavy atom. The maximum atomic E-state index is 13.8. The highest BCUT2D eigenvalue weighted by Crippen LogP contribution is 2.27. The van der Waals surface area contributed by atoms with E-state index in [0.717, 1.165) is 29.5 Å². The summed E-state index contributed by atoms with van der Waals surface area (Å²) >= 11 is 1.32. The number of nitrogens with zero attached hydrogens (tertiary/aromatic N) is 3. The monoisotopic (exact) mass is 388 g/mol. The second-order valence-corrected chi connectivity index (χ2v) is 8.38. The number of rotatable bonds is 5. The van der Waals surface area contributed by atoms with E-state index in [1.165, 1.54) is 24.2 Å². The molecule has 1 aliphatic heterocycles. The van der Waals surface area contributed by atoms with Crippen molar-refractivity contribution < 1.29 is 9.18 Å². The molecule has 7 heteroatoms. The van der Waals surface area contributed by atoms with Crippen LogP contribution in [-0.2, 0) is 4.79 Å². The number of aryl methyl sites for hydroxylation is 1. The van der Waals surface area contributed by atoms with Gasteiger partial charge in [-0.15, -0.1) is 0 Å². The highest BCUT2D eigenvalue weighted by atomic mass is 32.2. The molecular weight excluding hydrogens is 363 g/mol. The van der Waals surface area contributed by atoms with Crippen molar-refractivity contribution in [2.45, 2.75) is 32.2 Å². The highest BCUT2D eigenvalue weighted by Gasteiger charge is 2.23. The third kappa shape index (κ3) is 5.42. The van der Waals surface area contributed by atoms with Crippen LogP contribution >= 0.6 is 11.8 Å². The third-order valence-electron chi connectivity index (χ3n) is 4.57. The van der Waals surface area contributed by atoms with E-state index in [-0.39, 0.29) is 17.3 Å². The minimum absolute atomic E-state index is 0.163. The van der Waals surface area contributed by atoms with Gasteiger partial charge in [-0.25, -0.2) is 14.4 Å². The fraction of sp³-hybridized carbons (Fsp3) is 0.450. The molecule has 1 fully saturated rings. The van der Waals surface area contributed by atoms with Crippen LogP contribution in [0.2, 0.25) is 0 Å². The molecule has 1 aromatic carbocycles. The summed E-state index contributed by atoms with van der Waals surface area (Å²) in [6, 6.07) is 6.67. The van der Waals surface area contributed by atoms with Crippen LogP contribution in [0.5, 0.6) is 0 Å². The molecule has 144 valence electrons. The van der Waals surface area contributed by atoms with Crippen LogP contribution in [0.3, 0.4) is 0 Å². The topological polar surface area (TPSA) is 58.1 Å². The molecule has 0 bridgehead atoms. The van der Waals surface area contributed by atoms with Gasteiger partial charge in [-0.3, -0.25) is 4.79 Å². The van der Waals surface area contributed by atoms with Crippen molar-refractivity contribution in [3.05, 3.63) is 42.0 Å². The van der Waals surface area contributed by atoms with Crippen LogP contribution in [0, 0.1) is 24.6 Å². The minimum atomic E-state index is -0.425. The average Bonchev–Trinajstić information content (AvgIpc) is 2.62. The number of aromatic nitrogens is 2. The maximum Gasteiger partial charge on any atom is 0.234 e. The molecule has 2 aromatic rings. The van der Waals surface area contributed by atoms with Crippen molar-refractivity contribution in [3.63, 3.8) is 0 Å². The van der Waals surface area contributed by atoms with Gasteiger partial charge in [-0.1, -0.05) is 31.7 Å². The first-order valence-corrected chi connectivity index (χ1v) is 10.1. The zero-order chi connectivity index (χ0) is 19.4. The predicted molar refractivity (Wildman–Crippen MR) is 108 cm³/mol. The fourth-order valence-electron chi connectivity index (χ4n) is 3.48. The molecule has 27 heavy (non-hydrogen) atoms. The number of amides is 1. The van der Waals surface area contributed by atoms with E-state index >= 15 is 0 Å². The molecule has 0 radical (unpaired) electrons. The Kier molecular flexibility index (Phi) is 6.31. The van der Waals surface area contributed by atoms with Crippen LogP contribution in [0.25, 0.3) is 0 Å². The molecule has 0 spiro atoms. The number of carbonyl (C=O) groups is 1. The van der Waals surface area contributed by atoms with Crippen molar-refractivity contribution >= 4 is 29.2 Å². The van der Waals surface area contributed by atoms with Gasteiger partial charge < -0.3 is 10.2 Å². The second kappa shape index (κ2) is 8.69. The summed E-state index contributed by atoms with van der Waals surface area (Å²) < 4.78 is 13.8. The molecule has 1 aromatic heterocycles. The Balaban J connectivity index is 1.58. The van der Waals surface area contributed by atoms with Crippen molar-refractivity contribution in [1.29, 1.82) is 0 Å². The number of thioether (sulfide) groups is 1. The molecular formula is C20H25FN4OS. The SMILES string of the molecule is Cc1ccc(NC(=O)CSc2cc(N3C[C@@H](C)C[C@H](C)C3)ncn2)c(F)c1. The van der Waals surface area contributed by atoms with E-state index in [4.69, 9.17) is 0 Å². The summed E-state index contributed by atoms with van der Waals surface area (Å²) in [7, 11) is 0. The Morgan fingerprint density at radius 2 is 2.00 bits per heavy atom. The van der Waals surface area contributed by atoms with Gasteiger partial charge >= 0.3 is 0 Å². The van der Waals surface area contributed by atoms with Crippen molar-refractivity contribution in [3.8, 4) is 0 Å². The molecule has 5 nitrogen and oxygen atoms in total. The van der Waals surface area contributed by atoms with Gasteiger partial charge in [0.15, 0.2) is 0 Å². The van der Waals surface area contributed by atoms with E-state index in [1.807, 2.05) is 6.07 Å². The van der Waals surface area contributed by atoms with Gasteiger partial charge in [0, 0.05) is 19.2 Å². The number of anilines is 2. The van der Waals surface area contributed by atoms with Crippen LogP contribution < -0.4 is 10.2 Å². The number of carbonyl (C=O) groups excluding carboxylic acids is 1. The summed E-state index contributed by atoms with van der Waals surface area (Å²) in [4.78, 5) is 23.1. The lowest BCUT2D eigenvalue weighted by molar-refractivity contribution is -0.113. The standard InChI is InChI=1S/C20H25FN4OS/c1-13-4-5-17(16(21)7-13)24-19(26)11-27-20-8-18(22-12-23-20)25-9-14(2)6-15(3)10-25/h4-5,7-8,12,14-15H,6,9-11H2,1-3H3,(H,24,26)/t14-,15-/m0/s1. The number of nitrogens with one attached hydrogen (secondary N) is 1. The second-order valence-electron chi connectivity index (χ2n) is 7.39. The van der Waals surface area contributed by atoms with Gasteiger partial charge in [0.1, 0.15) is 23.0 Å². The minimum Gasteiger partial charge on any atom is -0.356 e. The van der Waals surface area contributed by atoms with Crippen LogP contribution in [0.4, 0.5) is 15.9 Å². The van der Waals surface area contributed by atoms with E-state index < -0.39 is 5.82 Å². The molecule has 2 atom stereocenters. The van der Waals surface area contributed by atoms with Crippen molar-refractivity contribution in [2.24, 2.45) is 11.8 Å². The fourth-order valence-corrected chi connectivity index (χ4v) is 4.14. The predicted octanol–water partition coefficient (Wildman–Crippen LogP) is 4.14. The number of hydrogen-bond acceptors (Lipinski definition) is 5. The summed E-state index contributed by atoms with van der Waals surface area (Å²) in [5.41, 5.74) is 1.01. The third-order valence-corrected chi connectivity index (χ3v) is 5.50. The van der Waals surface area contributed by atoms with Gasteiger partial charge in [0.2, 0.25) is 5.91 Å². The van der Waals surface area contributed by atoms with Crippen molar-refractivity contribution in [1.82, 2.24) is 9.97 Å². The van der Waals surface area contributed by atoms with Gasteiger partial charge in [0.05, 0.1) is 11.4 Å². The number of benzene rings is 1. The molecule has 1 aliphatic rings. The van der Waals surface area contributed by atoms with Gasteiger partial charge in [-0.2, -0.15) is 0 Å². The molecule has 1 N–H and O–H groups in total. The van der Waals surface area contributed by atoms with Gasteiger partial charge in [-0.05, 0) is 42.9 Å². The Bertz CT molecular complexity index is 806. The van der Waals surface area contributed by atoms with E-state index in [0.29, 0.717) is 11.8 Å². The Morgan fingerprint density at radius 1 is 1.26 bits per heavy atom. The zero-order valence-electron chi connectivity index (χ0n) is 15.9. The number of piperidine rings is 1. The van der Waals surface area contributed by atoms with Gasteiger partial charge in [0.25, 0.3) is 0 Å². The van der Waals surface area contributed by atoms with Crippen LogP contribution in [0.15, 0.2) is 35.6 Å². The molecule has 0 unspecified atom stereocenters. The van der Waals surface area contributed by atoms with Crippen LogP contribution in [0.1, 0.15) is 25.8 Å². The molecule has 1 amide bonds. The first kappa shape index (κ1) is 19.6. The summed E-state index contributed by atoms with van der Waals surface area (Å²) in [5.74, 6) is 1.64. The van der Waals surface area contributed by atoms with Crippen molar-refractivity contribution in [2.75, 3.05) is 29.1 Å². The maximum absolute atomic E-state index is 13.8. The molecule has 0 aliphatic carbocycles. The average molecular weight is 389 g/mol. The smallest absolute Gasteiger partial charge is 0.234 e. The molecule has 2 heterocycles. The normalized spacial score (nSPS) is 19.8. The highest BCUT2D eigenvalue weighted by molar-refractivity contribution is 7.99. The molecule has 1 saturated heterocycles. The summed E-state index contributed by atoms with van der Waals surface area (Å²) in [5, 5.41) is 3.35. The summed E-state index contributed by atoms with van der Waals surface area (Å²) in [6.07, 6.45) is 2.78. The molecule has 3 rings (SSSR count).